The molecule has 6 N–H and O–H groups in total. The number of methoxy groups -OCH3 is 1. The Hall–Kier alpha value is -1.11. The fourth-order valence-corrected chi connectivity index (χ4v) is 2.60. The van der Waals surface area contributed by atoms with Crippen LogP contribution in [0.2, 0.25) is 0 Å². The summed E-state index contributed by atoms with van der Waals surface area (Å²) >= 11 is 0. The number of rotatable bonds is 8. The summed E-state index contributed by atoms with van der Waals surface area (Å²) < 4.78 is 36.0. The van der Waals surface area contributed by atoms with Crippen molar-refractivity contribution in [2.24, 2.45) is 0 Å². The van der Waals surface area contributed by atoms with Crippen LogP contribution < -0.4 is 0 Å². The number of ether oxygens (including phenoxy) is 1. The zero-order valence-corrected chi connectivity index (χ0v) is 13.1. The van der Waals surface area contributed by atoms with Gasteiger partial charge in [-0.25, -0.2) is 0 Å². The zero-order chi connectivity index (χ0) is 17.9. The van der Waals surface area contributed by atoms with Gasteiger partial charge >= 0.3 is 0 Å². The fourth-order valence-electron chi connectivity index (χ4n) is 2.01. The Labute approximate surface area is 133 Å². The Kier molecular flexibility index (Phi) is 6.24. The van der Waals surface area contributed by atoms with Crippen molar-refractivity contribution < 1.29 is 43.2 Å². The van der Waals surface area contributed by atoms with E-state index in [2.05, 4.69) is 0 Å². The van der Waals surface area contributed by atoms with Gasteiger partial charge in [-0.05, 0) is 5.56 Å². The zero-order valence-electron chi connectivity index (χ0n) is 12.3. The molecule has 0 aliphatic heterocycles. The number of benzene rings is 1. The van der Waals surface area contributed by atoms with Crippen molar-refractivity contribution in [2.45, 2.75) is 29.3 Å². The second-order valence-corrected chi connectivity index (χ2v) is 6.74. The van der Waals surface area contributed by atoms with Gasteiger partial charge in [0.05, 0.1) is 6.61 Å². The van der Waals surface area contributed by atoms with Gasteiger partial charge in [0.2, 0.25) is 4.93 Å². The molecule has 1 rings (SSSR count). The average molecular weight is 352 g/mol. The standard InChI is InChI=1S/C13H20O9S/c1-22-12(17,7-9-5-3-2-4-6-9)10(15)11(16)13(18,8-14)23(19,20)21/h2-6,10-11,14-18H,7-8H2,1H3,(H,19,20,21). The van der Waals surface area contributed by atoms with E-state index in [1.807, 2.05) is 0 Å². The normalized spacial score (nSPS) is 20.3. The molecule has 0 heterocycles. The SMILES string of the molecule is COC(O)(Cc1ccccc1)C(O)C(O)C(O)(CO)S(=O)(=O)O. The molecule has 0 spiro atoms. The molecule has 0 radical (unpaired) electrons. The number of hydrogen-bond donors (Lipinski definition) is 6. The highest BCUT2D eigenvalue weighted by molar-refractivity contribution is 7.87. The van der Waals surface area contributed by atoms with Crippen LogP contribution in [0.15, 0.2) is 30.3 Å². The Morgan fingerprint density at radius 2 is 1.65 bits per heavy atom. The summed E-state index contributed by atoms with van der Waals surface area (Å²) in [6.45, 7) is -1.62. The minimum absolute atomic E-state index is 0.366. The number of hydrogen-bond acceptors (Lipinski definition) is 8. The molecule has 0 bridgehead atoms. The Morgan fingerprint density at radius 3 is 2.04 bits per heavy atom. The molecule has 0 aliphatic rings. The van der Waals surface area contributed by atoms with Crippen LogP contribution in [0.25, 0.3) is 0 Å². The van der Waals surface area contributed by atoms with Crippen molar-refractivity contribution in [3.8, 4) is 0 Å². The molecular weight excluding hydrogens is 332 g/mol. The van der Waals surface area contributed by atoms with Crippen molar-refractivity contribution in [3.05, 3.63) is 35.9 Å². The first-order valence-corrected chi connectivity index (χ1v) is 7.93. The topological polar surface area (TPSA) is 165 Å². The maximum absolute atomic E-state index is 11.2. The van der Waals surface area contributed by atoms with E-state index >= 15 is 0 Å². The summed E-state index contributed by atoms with van der Waals surface area (Å²) in [4.78, 5) is -3.49. The molecule has 0 fully saturated rings. The number of aliphatic hydroxyl groups excluding tert-OH is 3. The van der Waals surface area contributed by atoms with Gasteiger partial charge in [-0.15, -0.1) is 0 Å². The smallest absolute Gasteiger partial charge is 0.300 e. The lowest BCUT2D eigenvalue weighted by atomic mass is 9.94. The van der Waals surface area contributed by atoms with Crippen LogP contribution >= 0.6 is 0 Å². The van der Waals surface area contributed by atoms with Gasteiger partial charge in [0.1, 0.15) is 12.2 Å². The predicted octanol–water partition coefficient (Wildman–Crippen LogP) is -2.15. The lowest BCUT2D eigenvalue weighted by molar-refractivity contribution is -0.274. The summed E-state index contributed by atoms with van der Waals surface area (Å²) in [6.07, 6.45) is -5.39. The predicted molar refractivity (Wildman–Crippen MR) is 77.7 cm³/mol. The van der Waals surface area contributed by atoms with Crippen LogP contribution in [0.4, 0.5) is 0 Å². The summed E-state index contributed by atoms with van der Waals surface area (Å²) in [5.41, 5.74) is 0.475. The Morgan fingerprint density at radius 1 is 1.13 bits per heavy atom. The van der Waals surface area contributed by atoms with Gasteiger partial charge in [-0.2, -0.15) is 8.42 Å². The monoisotopic (exact) mass is 352 g/mol. The van der Waals surface area contributed by atoms with Crippen molar-refractivity contribution in [1.82, 2.24) is 0 Å². The second kappa shape index (κ2) is 7.20. The van der Waals surface area contributed by atoms with Gasteiger partial charge in [0.15, 0.2) is 5.79 Å². The van der Waals surface area contributed by atoms with E-state index < -0.39 is 39.7 Å². The van der Waals surface area contributed by atoms with Gasteiger partial charge in [0, 0.05) is 13.5 Å². The van der Waals surface area contributed by atoms with E-state index in [1.54, 1.807) is 30.3 Å². The third-order valence-electron chi connectivity index (χ3n) is 3.55. The third kappa shape index (κ3) is 4.05. The van der Waals surface area contributed by atoms with Crippen LogP contribution in [-0.4, -0.2) is 75.1 Å². The minimum atomic E-state index is -5.37. The highest BCUT2D eigenvalue weighted by atomic mass is 32.2. The molecular formula is C13H20O9S. The molecule has 132 valence electrons. The van der Waals surface area contributed by atoms with Gasteiger partial charge < -0.3 is 30.3 Å². The van der Waals surface area contributed by atoms with Crippen LogP contribution in [-0.2, 0) is 21.3 Å². The van der Waals surface area contributed by atoms with Crippen molar-refractivity contribution in [3.63, 3.8) is 0 Å². The molecule has 0 aromatic heterocycles. The van der Waals surface area contributed by atoms with Crippen LogP contribution in [0.3, 0.4) is 0 Å². The molecule has 4 atom stereocenters. The molecule has 0 saturated heterocycles. The van der Waals surface area contributed by atoms with E-state index in [4.69, 9.17) is 14.4 Å². The Bertz CT molecular complexity index is 605. The molecule has 0 amide bonds. The van der Waals surface area contributed by atoms with E-state index in [1.165, 1.54) is 0 Å². The molecule has 10 heteroatoms. The molecule has 0 saturated carbocycles. The maximum atomic E-state index is 11.2. The molecule has 0 aliphatic carbocycles. The largest absolute Gasteiger partial charge is 0.392 e. The van der Waals surface area contributed by atoms with Crippen molar-refractivity contribution in [1.29, 1.82) is 0 Å². The quantitative estimate of drug-likeness (QED) is 0.226. The fraction of sp³-hybridized carbons (Fsp3) is 0.538. The summed E-state index contributed by atoms with van der Waals surface area (Å²) in [5.74, 6) is -2.49. The highest BCUT2D eigenvalue weighted by Gasteiger charge is 2.55. The lowest BCUT2D eigenvalue weighted by Gasteiger charge is -2.38. The van der Waals surface area contributed by atoms with Crippen LogP contribution in [0, 0.1) is 0 Å². The maximum Gasteiger partial charge on any atom is 0.300 e. The summed E-state index contributed by atoms with van der Waals surface area (Å²) in [7, 11) is -4.38. The van der Waals surface area contributed by atoms with E-state index in [-0.39, 0.29) is 6.42 Å². The van der Waals surface area contributed by atoms with Gasteiger partial charge in [-0.1, -0.05) is 30.3 Å². The summed E-state index contributed by atoms with van der Waals surface area (Å²) in [5, 5.41) is 49.0. The van der Waals surface area contributed by atoms with Gasteiger partial charge in [0.25, 0.3) is 10.1 Å². The molecule has 4 unspecified atom stereocenters. The molecule has 1 aromatic rings. The Balaban J connectivity index is 3.14. The number of aliphatic hydroxyl groups is 5. The van der Waals surface area contributed by atoms with Crippen molar-refractivity contribution >= 4 is 10.1 Å². The average Bonchev–Trinajstić information content (AvgIpc) is 2.52. The van der Waals surface area contributed by atoms with Crippen molar-refractivity contribution in [2.75, 3.05) is 13.7 Å². The van der Waals surface area contributed by atoms with Crippen LogP contribution in [0.5, 0.6) is 0 Å². The summed E-state index contributed by atoms with van der Waals surface area (Å²) in [6, 6.07) is 8.12. The third-order valence-corrected chi connectivity index (χ3v) is 4.81. The molecule has 1 aromatic carbocycles. The minimum Gasteiger partial charge on any atom is -0.392 e. The first-order valence-electron chi connectivity index (χ1n) is 6.49. The van der Waals surface area contributed by atoms with Crippen LogP contribution in [0.1, 0.15) is 5.56 Å². The lowest BCUT2D eigenvalue weighted by Crippen LogP contribution is -2.63. The molecule has 9 nitrogen and oxygen atoms in total. The highest BCUT2D eigenvalue weighted by Crippen LogP contribution is 2.28. The first kappa shape index (κ1) is 19.9. The first-order chi connectivity index (χ1) is 10.5. The molecule has 23 heavy (non-hydrogen) atoms. The van der Waals surface area contributed by atoms with E-state index in [9.17, 15) is 28.8 Å². The van der Waals surface area contributed by atoms with Gasteiger partial charge in [-0.3, -0.25) is 4.55 Å². The second-order valence-electron chi connectivity index (χ2n) is 5.08. The van der Waals surface area contributed by atoms with E-state index in [0.717, 1.165) is 7.11 Å². The van der Waals surface area contributed by atoms with E-state index in [0.29, 0.717) is 5.56 Å².